The normalized spacial score (nSPS) is 47.8. The second-order valence-electron chi connectivity index (χ2n) is 15.2. The number of aliphatic hydroxyl groups is 1. The number of ketones is 1. The van der Waals surface area contributed by atoms with E-state index in [1.54, 1.807) is 0 Å². The van der Waals surface area contributed by atoms with Crippen LogP contribution in [-0.2, 0) is 23.8 Å². The number of fused-ring (bicyclic) bond motifs is 5. The minimum absolute atomic E-state index is 0.0360. The van der Waals surface area contributed by atoms with Crippen molar-refractivity contribution in [1.82, 2.24) is 0 Å². The van der Waals surface area contributed by atoms with Gasteiger partial charge in [0.25, 0.3) is 0 Å². The molecule has 3 saturated carbocycles. The van der Waals surface area contributed by atoms with Crippen molar-refractivity contribution in [2.75, 3.05) is 6.61 Å². The van der Waals surface area contributed by atoms with Crippen LogP contribution in [0.2, 0.25) is 0 Å². The van der Waals surface area contributed by atoms with Crippen molar-refractivity contribution in [2.24, 2.45) is 51.2 Å². The van der Waals surface area contributed by atoms with Gasteiger partial charge in [-0.05, 0) is 72.3 Å². The Morgan fingerprint density at radius 1 is 1.08 bits per heavy atom. The maximum atomic E-state index is 14.7. The molecule has 1 N–H and O–H groups in total. The summed E-state index contributed by atoms with van der Waals surface area (Å²) in [7, 11) is 0. The number of carbonyl (C=O) groups excluding carboxylic acids is 2. The smallest absolute Gasteiger partial charge is 0.310 e. The summed E-state index contributed by atoms with van der Waals surface area (Å²) >= 11 is 0. The summed E-state index contributed by atoms with van der Waals surface area (Å²) in [4.78, 5) is 28.4. The number of allylic oxidation sites excluding steroid dienone is 1. The molecule has 8 atom stereocenters. The van der Waals surface area contributed by atoms with Gasteiger partial charge < -0.3 is 19.3 Å². The molecule has 6 rings (SSSR count). The van der Waals surface area contributed by atoms with E-state index >= 15 is 0 Å². The van der Waals surface area contributed by atoms with Crippen LogP contribution in [0.5, 0.6) is 0 Å². The van der Waals surface area contributed by atoms with Crippen LogP contribution in [0.3, 0.4) is 0 Å². The van der Waals surface area contributed by atoms with Crippen LogP contribution >= 0.6 is 0 Å². The zero-order chi connectivity index (χ0) is 27.3. The third-order valence-electron chi connectivity index (χ3n) is 12.2. The van der Waals surface area contributed by atoms with Gasteiger partial charge in [0.15, 0.2) is 23.3 Å². The van der Waals surface area contributed by atoms with Crippen molar-refractivity contribution in [2.45, 2.75) is 99.3 Å². The Labute approximate surface area is 221 Å². The summed E-state index contributed by atoms with van der Waals surface area (Å²) in [6.45, 7) is 20.8. The van der Waals surface area contributed by atoms with E-state index in [-0.39, 0.29) is 58.3 Å². The molecule has 1 aliphatic heterocycles. The van der Waals surface area contributed by atoms with Crippen LogP contribution in [0.4, 0.5) is 0 Å². The highest BCUT2D eigenvalue weighted by Gasteiger charge is 2.78. The first kappa shape index (κ1) is 25.8. The van der Waals surface area contributed by atoms with Gasteiger partial charge in [-0.1, -0.05) is 60.6 Å². The second-order valence-corrected chi connectivity index (χ2v) is 15.2. The van der Waals surface area contributed by atoms with E-state index in [1.807, 2.05) is 32.9 Å². The third kappa shape index (κ3) is 2.88. The molecule has 6 aliphatic rings. The van der Waals surface area contributed by atoms with Gasteiger partial charge in [-0.2, -0.15) is 0 Å². The van der Waals surface area contributed by atoms with Crippen molar-refractivity contribution in [1.29, 1.82) is 0 Å². The van der Waals surface area contributed by atoms with E-state index < -0.39 is 29.0 Å². The van der Waals surface area contributed by atoms with Crippen LogP contribution < -0.4 is 0 Å². The van der Waals surface area contributed by atoms with Gasteiger partial charge in [-0.25, -0.2) is 0 Å². The lowest BCUT2D eigenvalue weighted by molar-refractivity contribution is -0.304. The lowest BCUT2D eigenvalue weighted by Gasteiger charge is -2.52. The van der Waals surface area contributed by atoms with Gasteiger partial charge in [0.1, 0.15) is 6.10 Å². The molecule has 2 bridgehead atoms. The molecule has 5 aliphatic carbocycles. The number of carbonyl (C=O) groups is 2. The average molecular weight is 513 g/mol. The van der Waals surface area contributed by atoms with Crippen LogP contribution in [0.25, 0.3) is 0 Å². The summed E-state index contributed by atoms with van der Waals surface area (Å²) in [5.41, 5.74) is -1.78. The van der Waals surface area contributed by atoms with Crippen LogP contribution in [0, 0.1) is 51.2 Å². The van der Waals surface area contributed by atoms with Crippen molar-refractivity contribution in [3.63, 3.8) is 0 Å². The Morgan fingerprint density at radius 2 is 1.70 bits per heavy atom. The number of rotatable bonds is 2. The maximum absolute atomic E-state index is 14.7. The lowest BCUT2D eigenvalue weighted by atomic mass is 9.59. The number of hydrogen-bond donors (Lipinski definition) is 1. The highest BCUT2D eigenvalue weighted by atomic mass is 16.7. The predicted octanol–water partition coefficient (Wildman–Crippen LogP) is 4.85. The van der Waals surface area contributed by atoms with E-state index in [2.05, 4.69) is 48.5 Å². The summed E-state index contributed by atoms with van der Waals surface area (Å²) in [6, 6.07) is 0. The molecule has 6 nitrogen and oxygen atoms in total. The Kier molecular flexibility index (Phi) is 4.86. The Hall–Kier alpha value is -1.50. The number of Topliss-reactive ketones (excluding diaryl/α,β-unsaturated/α-hetero) is 1. The third-order valence-corrected chi connectivity index (χ3v) is 12.2. The van der Waals surface area contributed by atoms with E-state index in [0.717, 1.165) is 17.6 Å². The predicted molar refractivity (Wildman–Crippen MR) is 138 cm³/mol. The first-order valence-electron chi connectivity index (χ1n) is 14.0. The van der Waals surface area contributed by atoms with E-state index in [1.165, 1.54) is 0 Å². The number of hydrogen-bond acceptors (Lipinski definition) is 6. The molecule has 0 radical (unpaired) electrons. The highest BCUT2D eigenvalue weighted by molar-refractivity contribution is 5.95. The minimum Gasteiger partial charge on any atom is -0.454 e. The Balaban J connectivity index is 1.50. The SMILES string of the molecule is CC1=C[C@]23C(=O)[C@@H](C=C4COC(C)(C)O[C@H]4[C@]2(O)[C@H]1OC(=O)C1C(C)(C)C1(C)C)C1[C@@H](C[C@H]3C)C1(C)C. The van der Waals surface area contributed by atoms with E-state index in [9.17, 15) is 14.7 Å². The van der Waals surface area contributed by atoms with Crippen molar-refractivity contribution >= 4 is 11.8 Å². The monoisotopic (exact) mass is 512 g/mol. The quantitative estimate of drug-likeness (QED) is 0.421. The van der Waals surface area contributed by atoms with E-state index in [4.69, 9.17) is 14.2 Å². The molecule has 0 aromatic heterocycles. The van der Waals surface area contributed by atoms with Gasteiger partial charge in [-0.15, -0.1) is 0 Å². The average Bonchev–Trinajstić information content (AvgIpc) is 3.44. The number of ether oxygens (including phenoxy) is 3. The van der Waals surface area contributed by atoms with Crippen molar-refractivity contribution < 1.29 is 28.9 Å². The van der Waals surface area contributed by atoms with Crippen LogP contribution in [0.15, 0.2) is 23.3 Å². The summed E-state index contributed by atoms with van der Waals surface area (Å²) in [5, 5.41) is 13.1. The molecule has 1 unspecified atom stereocenters. The van der Waals surface area contributed by atoms with Gasteiger partial charge >= 0.3 is 5.97 Å². The first-order chi connectivity index (χ1) is 16.9. The van der Waals surface area contributed by atoms with Gasteiger partial charge in [-0.3, -0.25) is 9.59 Å². The standard InChI is InChI=1S/C31H44O6/c1-15-13-30-16(2)11-19-20(26(19,3)4)18(22(30)32)12-17-14-35-29(9,10)37-24(17)31(30,34)23(15)36-25(33)21-27(5,6)28(21,7)8/h12-13,16,18-21,23-24,34H,11,14H2,1-10H3/t16-,18+,19-,20?,23+,24-,30+,31-/m1/s1. The molecule has 1 heterocycles. The van der Waals surface area contributed by atoms with Gasteiger partial charge in [0, 0.05) is 5.92 Å². The van der Waals surface area contributed by atoms with Gasteiger partial charge in [0.05, 0.1) is 17.9 Å². The Bertz CT molecular complexity index is 1140. The topological polar surface area (TPSA) is 82.1 Å². The van der Waals surface area contributed by atoms with Gasteiger partial charge in [0.2, 0.25) is 0 Å². The molecule has 37 heavy (non-hydrogen) atoms. The summed E-state index contributed by atoms with van der Waals surface area (Å²) in [6.07, 6.45) is 3.04. The molecule has 4 fully saturated rings. The van der Waals surface area contributed by atoms with Crippen molar-refractivity contribution in [3.8, 4) is 0 Å². The van der Waals surface area contributed by atoms with Crippen LogP contribution in [-0.4, -0.2) is 47.1 Å². The molecular formula is C31H44O6. The number of esters is 1. The molecule has 1 saturated heterocycles. The highest BCUT2D eigenvalue weighted by Crippen LogP contribution is 2.73. The molecule has 1 spiro atoms. The molecule has 6 heteroatoms. The molecule has 204 valence electrons. The van der Waals surface area contributed by atoms with Crippen molar-refractivity contribution in [3.05, 3.63) is 23.3 Å². The lowest BCUT2D eigenvalue weighted by Crippen LogP contribution is -2.68. The largest absolute Gasteiger partial charge is 0.454 e. The molecule has 0 amide bonds. The maximum Gasteiger partial charge on any atom is 0.310 e. The Morgan fingerprint density at radius 3 is 2.30 bits per heavy atom. The fourth-order valence-electron chi connectivity index (χ4n) is 9.27. The second kappa shape index (κ2) is 6.98. The fraction of sp³-hybridized carbons (Fsp3) is 0.806. The molecule has 0 aromatic carbocycles. The minimum atomic E-state index is -1.75. The van der Waals surface area contributed by atoms with E-state index in [0.29, 0.717) is 5.92 Å². The molecule has 0 aromatic rings. The first-order valence-corrected chi connectivity index (χ1v) is 14.0. The zero-order valence-corrected chi connectivity index (χ0v) is 24.1. The van der Waals surface area contributed by atoms with Crippen LogP contribution in [0.1, 0.15) is 75.7 Å². The zero-order valence-electron chi connectivity index (χ0n) is 24.1. The fourth-order valence-corrected chi connectivity index (χ4v) is 9.27. The molecular weight excluding hydrogens is 468 g/mol. The summed E-state index contributed by atoms with van der Waals surface area (Å²) < 4.78 is 18.9. The summed E-state index contributed by atoms with van der Waals surface area (Å²) in [5.74, 6) is -1.35.